The molecule has 6 nitrogen and oxygen atoms in total. The number of carbonyl (C=O) groups is 2. The number of nitrogens with zero attached hydrogens (tertiary/aromatic N) is 2. The van der Waals surface area contributed by atoms with E-state index in [2.05, 4.69) is 5.32 Å². The maximum atomic E-state index is 12.6. The molecule has 1 atom stereocenters. The zero-order valence-corrected chi connectivity index (χ0v) is 12.7. The molecule has 6 heteroatoms. The summed E-state index contributed by atoms with van der Waals surface area (Å²) in [6, 6.07) is 4.86. The second kappa shape index (κ2) is 6.03. The number of piperazine rings is 1. The second-order valence-corrected chi connectivity index (χ2v) is 5.38. The molecule has 2 amide bonds. The molecule has 0 bridgehead atoms. The molecule has 1 saturated heterocycles. The van der Waals surface area contributed by atoms with E-state index in [9.17, 15) is 9.59 Å². The van der Waals surface area contributed by atoms with Crippen LogP contribution >= 0.6 is 0 Å². The van der Waals surface area contributed by atoms with Crippen molar-refractivity contribution in [1.82, 2.24) is 10.2 Å². The lowest BCUT2D eigenvalue weighted by Gasteiger charge is -2.34. The zero-order chi connectivity index (χ0) is 15.6. The van der Waals surface area contributed by atoms with E-state index in [1.165, 1.54) is 0 Å². The predicted octanol–water partition coefficient (Wildman–Crippen LogP) is 0.685. The van der Waals surface area contributed by atoms with Crippen LogP contribution in [0.2, 0.25) is 0 Å². The molecule has 2 rings (SSSR count). The van der Waals surface area contributed by atoms with Gasteiger partial charge in [0.15, 0.2) is 0 Å². The molecular weight excluding hydrogens is 268 g/mol. The number of hydrogen-bond acceptors (Lipinski definition) is 4. The van der Waals surface area contributed by atoms with Gasteiger partial charge in [0, 0.05) is 32.7 Å². The SMILES string of the molecule is CCC1C(=O)NCCN1C(=O)c1ccc(N(C)C)c(N)c1. The minimum atomic E-state index is -0.402. The van der Waals surface area contributed by atoms with Crippen LogP contribution in [0.3, 0.4) is 0 Å². The highest BCUT2D eigenvalue weighted by molar-refractivity contribution is 5.99. The summed E-state index contributed by atoms with van der Waals surface area (Å²) in [7, 11) is 3.80. The molecule has 0 radical (unpaired) electrons. The average Bonchev–Trinajstić information content (AvgIpc) is 2.45. The van der Waals surface area contributed by atoms with E-state index < -0.39 is 6.04 Å². The Morgan fingerprint density at radius 1 is 1.48 bits per heavy atom. The zero-order valence-electron chi connectivity index (χ0n) is 12.7. The van der Waals surface area contributed by atoms with Gasteiger partial charge in [-0.05, 0) is 24.6 Å². The standard InChI is InChI=1S/C15H22N4O2/c1-4-12-14(20)17-7-8-19(12)15(21)10-5-6-13(18(2)3)11(16)9-10/h5-6,9,12H,4,7-8,16H2,1-3H3,(H,17,20). The van der Waals surface area contributed by atoms with Crippen molar-refractivity contribution in [2.75, 3.05) is 37.8 Å². The Kier molecular flexibility index (Phi) is 4.35. The van der Waals surface area contributed by atoms with E-state index in [4.69, 9.17) is 5.73 Å². The third kappa shape index (κ3) is 2.94. The van der Waals surface area contributed by atoms with Gasteiger partial charge in [0.05, 0.1) is 11.4 Å². The highest BCUT2D eigenvalue weighted by Gasteiger charge is 2.32. The van der Waals surface area contributed by atoms with Crippen LogP contribution in [0, 0.1) is 0 Å². The van der Waals surface area contributed by atoms with E-state index in [-0.39, 0.29) is 11.8 Å². The van der Waals surface area contributed by atoms with Crippen LogP contribution in [0.4, 0.5) is 11.4 Å². The molecular formula is C15H22N4O2. The Balaban J connectivity index is 2.27. The number of hydrogen-bond donors (Lipinski definition) is 2. The van der Waals surface area contributed by atoms with Crippen LogP contribution in [-0.2, 0) is 4.79 Å². The number of anilines is 2. The van der Waals surface area contributed by atoms with Crippen molar-refractivity contribution in [2.24, 2.45) is 0 Å². The van der Waals surface area contributed by atoms with Gasteiger partial charge in [-0.3, -0.25) is 9.59 Å². The van der Waals surface area contributed by atoms with Crippen LogP contribution in [0.25, 0.3) is 0 Å². The summed E-state index contributed by atoms with van der Waals surface area (Å²) in [6.45, 7) is 2.92. The van der Waals surface area contributed by atoms with Crippen LogP contribution in [0.15, 0.2) is 18.2 Å². The summed E-state index contributed by atoms with van der Waals surface area (Å²) >= 11 is 0. The monoisotopic (exact) mass is 290 g/mol. The first kappa shape index (κ1) is 15.2. The normalized spacial score (nSPS) is 18.3. The van der Waals surface area contributed by atoms with Crippen LogP contribution < -0.4 is 16.0 Å². The van der Waals surface area contributed by atoms with E-state index >= 15 is 0 Å². The predicted molar refractivity (Wildman–Crippen MR) is 83.3 cm³/mol. The number of nitrogens with one attached hydrogen (secondary N) is 1. The number of nitrogen functional groups attached to an aromatic ring is 1. The number of nitrogens with two attached hydrogens (primary N) is 1. The van der Waals surface area contributed by atoms with E-state index in [1.807, 2.05) is 32.0 Å². The average molecular weight is 290 g/mol. The van der Waals surface area contributed by atoms with Gasteiger partial charge in [-0.2, -0.15) is 0 Å². The molecule has 1 aromatic carbocycles. The summed E-state index contributed by atoms with van der Waals surface area (Å²) in [6.07, 6.45) is 0.600. The molecule has 1 aliphatic heterocycles. The second-order valence-electron chi connectivity index (χ2n) is 5.38. The molecule has 114 valence electrons. The lowest BCUT2D eigenvalue weighted by Crippen LogP contribution is -2.56. The summed E-state index contributed by atoms with van der Waals surface area (Å²) < 4.78 is 0. The van der Waals surface area contributed by atoms with Crippen LogP contribution in [-0.4, -0.2) is 49.9 Å². The highest BCUT2D eigenvalue weighted by Crippen LogP contribution is 2.24. The van der Waals surface area contributed by atoms with Gasteiger partial charge in [0.2, 0.25) is 5.91 Å². The molecule has 1 unspecified atom stereocenters. The fourth-order valence-corrected chi connectivity index (χ4v) is 2.62. The van der Waals surface area contributed by atoms with Gasteiger partial charge >= 0.3 is 0 Å². The van der Waals surface area contributed by atoms with Crippen molar-refractivity contribution >= 4 is 23.2 Å². The van der Waals surface area contributed by atoms with Crippen molar-refractivity contribution in [2.45, 2.75) is 19.4 Å². The minimum Gasteiger partial charge on any atom is -0.397 e. The van der Waals surface area contributed by atoms with Crippen molar-refractivity contribution in [1.29, 1.82) is 0 Å². The molecule has 3 N–H and O–H groups in total. The number of carbonyl (C=O) groups excluding carboxylic acids is 2. The maximum Gasteiger partial charge on any atom is 0.254 e. The van der Waals surface area contributed by atoms with Crippen molar-refractivity contribution in [3.63, 3.8) is 0 Å². The highest BCUT2D eigenvalue weighted by atomic mass is 16.2. The smallest absolute Gasteiger partial charge is 0.254 e. The number of amides is 2. The lowest BCUT2D eigenvalue weighted by atomic mass is 10.1. The molecule has 1 aromatic rings. The molecule has 21 heavy (non-hydrogen) atoms. The summed E-state index contributed by atoms with van der Waals surface area (Å²) in [5.74, 6) is -0.233. The molecule has 0 spiro atoms. The van der Waals surface area contributed by atoms with Crippen LogP contribution in [0.1, 0.15) is 23.7 Å². The topological polar surface area (TPSA) is 78.7 Å². The quantitative estimate of drug-likeness (QED) is 0.803. The van der Waals surface area contributed by atoms with E-state index in [1.54, 1.807) is 17.0 Å². The lowest BCUT2D eigenvalue weighted by molar-refractivity contribution is -0.127. The molecule has 1 heterocycles. The van der Waals surface area contributed by atoms with Crippen LogP contribution in [0.5, 0.6) is 0 Å². The van der Waals surface area contributed by atoms with Gasteiger partial charge in [-0.15, -0.1) is 0 Å². The summed E-state index contributed by atoms with van der Waals surface area (Å²) in [4.78, 5) is 28.0. The summed E-state index contributed by atoms with van der Waals surface area (Å²) in [5.41, 5.74) is 7.94. The van der Waals surface area contributed by atoms with Gasteiger partial charge in [0.1, 0.15) is 6.04 Å². The van der Waals surface area contributed by atoms with Gasteiger partial charge in [0.25, 0.3) is 5.91 Å². The Morgan fingerprint density at radius 3 is 2.76 bits per heavy atom. The van der Waals surface area contributed by atoms with Crippen molar-refractivity contribution in [3.05, 3.63) is 23.8 Å². The molecule has 0 aromatic heterocycles. The molecule has 1 fully saturated rings. The van der Waals surface area contributed by atoms with Gasteiger partial charge in [-0.1, -0.05) is 6.92 Å². The first-order valence-electron chi connectivity index (χ1n) is 7.11. The molecule has 1 aliphatic rings. The number of benzene rings is 1. The van der Waals surface area contributed by atoms with Gasteiger partial charge in [-0.25, -0.2) is 0 Å². The molecule has 0 saturated carbocycles. The summed E-state index contributed by atoms with van der Waals surface area (Å²) in [5, 5.41) is 2.79. The third-order valence-electron chi connectivity index (χ3n) is 3.73. The minimum absolute atomic E-state index is 0.0880. The van der Waals surface area contributed by atoms with Crippen molar-refractivity contribution < 1.29 is 9.59 Å². The Morgan fingerprint density at radius 2 is 2.19 bits per heavy atom. The Hall–Kier alpha value is -2.24. The third-order valence-corrected chi connectivity index (χ3v) is 3.73. The van der Waals surface area contributed by atoms with E-state index in [0.717, 1.165) is 5.69 Å². The largest absolute Gasteiger partial charge is 0.397 e. The maximum absolute atomic E-state index is 12.6. The first-order chi connectivity index (χ1) is 9.95. The van der Waals surface area contributed by atoms with E-state index in [0.29, 0.717) is 30.8 Å². The first-order valence-corrected chi connectivity index (χ1v) is 7.11. The van der Waals surface area contributed by atoms with Gasteiger partial charge < -0.3 is 20.9 Å². The van der Waals surface area contributed by atoms with Crippen molar-refractivity contribution in [3.8, 4) is 0 Å². The number of rotatable bonds is 3. The fourth-order valence-electron chi connectivity index (χ4n) is 2.62. The molecule has 0 aliphatic carbocycles. The Labute approximate surface area is 124 Å². The fraction of sp³-hybridized carbons (Fsp3) is 0.467. The Bertz CT molecular complexity index is 557.